The van der Waals surface area contributed by atoms with Crippen LogP contribution in [0, 0.1) is 10.8 Å². The van der Waals surface area contributed by atoms with Gasteiger partial charge in [0.1, 0.15) is 12.7 Å². The molecule has 1 aliphatic heterocycles. The van der Waals surface area contributed by atoms with Gasteiger partial charge in [-0.05, 0) is 18.8 Å². The van der Waals surface area contributed by atoms with E-state index in [2.05, 4.69) is 6.92 Å². The van der Waals surface area contributed by atoms with E-state index >= 15 is 0 Å². The molecule has 1 aliphatic rings. The van der Waals surface area contributed by atoms with Gasteiger partial charge < -0.3 is 9.47 Å². The second-order valence-corrected chi connectivity index (χ2v) is 6.25. The highest BCUT2D eigenvalue weighted by Gasteiger charge is 2.46. The summed E-state index contributed by atoms with van der Waals surface area (Å²) in [5.74, 6) is -0.513. The second-order valence-electron chi connectivity index (χ2n) is 6.25. The highest BCUT2D eigenvalue weighted by Crippen LogP contribution is 2.43. The third-order valence-electron chi connectivity index (χ3n) is 3.95. The molecule has 4 heteroatoms. The molecule has 1 rings (SSSR count). The average molecular weight is 286 g/mol. The molecule has 2 atom stereocenters. The largest absolute Gasteiger partial charge is 0.462 e. The van der Waals surface area contributed by atoms with Crippen LogP contribution in [-0.4, -0.2) is 24.6 Å². The molecular formula is C16H30O4. The van der Waals surface area contributed by atoms with Crippen LogP contribution in [-0.2, 0) is 19.1 Å². The van der Waals surface area contributed by atoms with Gasteiger partial charge in [-0.3, -0.25) is 9.59 Å². The van der Waals surface area contributed by atoms with Gasteiger partial charge in [-0.25, -0.2) is 0 Å². The molecule has 20 heavy (non-hydrogen) atoms. The monoisotopic (exact) mass is 286 g/mol. The van der Waals surface area contributed by atoms with Crippen molar-refractivity contribution in [3.63, 3.8) is 0 Å². The van der Waals surface area contributed by atoms with Crippen LogP contribution in [0.5, 0.6) is 0 Å². The summed E-state index contributed by atoms with van der Waals surface area (Å²) in [6.07, 6.45) is 1.46. The van der Waals surface area contributed by atoms with Crippen LogP contribution < -0.4 is 0 Å². The summed E-state index contributed by atoms with van der Waals surface area (Å²) in [5, 5.41) is 0. The van der Waals surface area contributed by atoms with Gasteiger partial charge in [-0.2, -0.15) is 0 Å². The Kier molecular flexibility index (Phi) is 7.25. The Bertz CT molecular complexity index is 330. The lowest BCUT2D eigenvalue weighted by molar-refractivity contribution is -0.168. The van der Waals surface area contributed by atoms with Crippen molar-refractivity contribution in [1.82, 2.24) is 0 Å². The molecule has 0 radical (unpaired) electrons. The van der Waals surface area contributed by atoms with E-state index < -0.39 is 11.5 Å². The SMILES string of the molecule is CC.CCCC(C)(C(=O)OC1COC(=O)C1)C(C)(C)C. The van der Waals surface area contributed by atoms with E-state index in [1.807, 2.05) is 41.5 Å². The molecule has 2 unspecified atom stereocenters. The number of rotatable bonds is 4. The van der Waals surface area contributed by atoms with Gasteiger partial charge in [0, 0.05) is 0 Å². The molecule has 0 bridgehead atoms. The van der Waals surface area contributed by atoms with Crippen LogP contribution in [0.1, 0.15) is 67.7 Å². The molecular weight excluding hydrogens is 256 g/mol. The van der Waals surface area contributed by atoms with E-state index in [1.165, 1.54) is 0 Å². The van der Waals surface area contributed by atoms with E-state index in [-0.39, 0.29) is 30.4 Å². The van der Waals surface area contributed by atoms with Crippen molar-refractivity contribution in [2.45, 2.75) is 73.8 Å². The first-order valence-electron chi connectivity index (χ1n) is 7.57. The van der Waals surface area contributed by atoms with Crippen LogP contribution in [0.2, 0.25) is 0 Å². The minimum atomic E-state index is -0.534. The molecule has 0 aromatic carbocycles. The Balaban J connectivity index is 0.00000172. The smallest absolute Gasteiger partial charge is 0.312 e. The molecule has 118 valence electrons. The number of carbonyl (C=O) groups is 2. The van der Waals surface area contributed by atoms with Crippen LogP contribution in [0.4, 0.5) is 0 Å². The van der Waals surface area contributed by atoms with Crippen molar-refractivity contribution in [2.24, 2.45) is 10.8 Å². The molecule has 1 heterocycles. The predicted molar refractivity (Wildman–Crippen MR) is 79.3 cm³/mol. The van der Waals surface area contributed by atoms with Gasteiger partial charge >= 0.3 is 11.9 Å². The Hall–Kier alpha value is -1.06. The molecule has 0 aromatic rings. The average Bonchev–Trinajstić information content (AvgIpc) is 2.76. The number of ether oxygens (including phenoxy) is 2. The maximum atomic E-state index is 12.4. The third-order valence-corrected chi connectivity index (χ3v) is 3.95. The van der Waals surface area contributed by atoms with Crippen LogP contribution >= 0.6 is 0 Å². The van der Waals surface area contributed by atoms with E-state index in [0.29, 0.717) is 0 Å². The Morgan fingerprint density at radius 1 is 1.30 bits per heavy atom. The molecule has 0 saturated carbocycles. The molecule has 0 spiro atoms. The van der Waals surface area contributed by atoms with E-state index in [9.17, 15) is 9.59 Å². The molecule has 0 amide bonds. The molecule has 4 nitrogen and oxygen atoms in total. The summed E-state index contributed by atoms with van der Waals surface area (Å²) >= 11 is 0. The van der Waals surface area contributed by atoms with Gasteiger partial charge in [-0.15, -0.1) is 0 Å². The summed E-state index contributed by atoms with van der Waals surface area (Å²) < 4.78 is 10.2. The molecule has 0 aromatic heterocycles. The van der Waals surface area contributed by atoms with Crippen molar-refractivity contribution in [2.75, 3.05) is 6.61 Å². The fourth-order valence-corrected chi connectivity index (χ4v) is 2.13. The van der Waals surface area contributed by atoms with E-state index in [1.54, 1.807) is 0 Å². The normalized spacial score (nSPS) is 21.4. The van der Waals surface area contributed by atoms with Crippen molar-refractivity contribution in [3.05, 3.63) is 0 Å². The Morgan fingerprint density at radius 2 is 1.85 bits per heavy atom. The van der Waals surface area contributed by atoms with Gasteiger partial charge in [0.05, 0.1) is 11.8 Å². The first-order chi connectivity index (χ1) is 9.20. The van der Waals surface area contributed by atoms with Gasteiger partial charge in [0.2, 0.25) is 0 Å². The number of hydrogen-bond donors (Lipinski definition) is 0. The van der Waals surface area contributed by atoms with Crippen LogP contribution in [0.3, 0.4) is 0 Å². The minimum absolute atomic E-state index is 0.177. The van der Waals surface area contributed by atoms with Crippen LogP contribution in [0.15, 0.2) is 0 Å². The lowest BCUT2D eigenvalue weighted by Crippen LogP contribution is -2.43. The van der Waals surface area contributed by atoms with Gasteiger partial charge in [0.15, 0.2) is 0 Å². The maximum absolute atomic E-state index is 12.4. The number of esters is 2. The number of hydrogen-bond acceptors (Lipinski definition) is 4. The fraction of sp³-hybridized carbons (Fsp3) is 0.875. The highest BCUT2D eigenvalue weighted by molar-refractivity contribution is 5.79. The fourth-order valence-electron chi connectivity index (χ4n) is 2.13. The van der Waals surface area contributed by atoms with E-state index in [4.69, 9.17) is 9.47 Å². The van der Waals surface area contributed by atoms with Crippen molar-refractivity contribution in [1.29, 1.82) is 0 Å². The Labute approximate surface area is 123 Å². The summed E-state index contributed by atoms with van der Waals surface area (Å²) in [6.45, 7) is 14.3. The predicted octanol–water partition coefficient (Wildman–Crippen LogP) is 3.72. The topological polar surface area (TPSA) is 52.6 Å². The summed E-state index contributed by atoms with van der Waals surface area (Å²) in [6, 6.07) is 0. The first kappa shape index (κ1) is 18.9. The molecule has 1 fully saturated rings. The highest BCUT2D eigenvalue weighted by atomic mass is 16.6. The lowest BCUT2D eigenvalue weighted by Gasteiger charge is -2.40. The molecule has 0 aliphatic carbocycles. The number of carbonyl (C=O) groups excluding carboxylic acids is 2. The maximum Gasteiger partial charge on any atom is 0.312 e. The summed E-state index contributed by atoms with van der Waals surface area (Å²) in [5.41, 5.74) is -0.711. The summed E-state index contributed by atoms with van der Waals surface area (Å²) in [7, 11) is 0. The quantitative estimate of drug-likeness (QED) is 0.739. The van der Waals surface area contributed by atoms with Crippen molar-refractivity contribution in [3.8, 4) is 0 Å². The second kappa shape index (κ2) is 7.65. The third kappa shape index (κ3) is 4.50. The number of cyclic esters (lactones) is 1. The Morgan fingerprint density at radius 3 is 2.20 bits per heavy atom. The van der Waals surface area contributed by atoms with Crippen molar-refractivity contribution >= 4 is 11.9 Å². The van der Waals surface area contributed by atoms with Gasteiger partial charge in [-0.1, -0.05) is 48.0 Å². The first-order valence-corrected chi connectivity index (χ1v) is 7.57. The van der Waals surface area contributed by atoms with E-state index in [0.717, 1.165) is 12.8 Å². The summed E-state index contributed by atoms with van der Waals surface area (Å²) in [4.78, 5) is 23.4. The zero-order valence-electron chi connectivity index (χ0n) is 14.0. The lowest BCUT2D eigenvalue weighted by atomic mass is 9.65. The molecule has 0 N–H and O–H groups in total. The van der Waals surface area contributed by atoms with Crippen molar-refractivity contribution < 1.29 is 19.1 Å². The van der Waals surface area contributed by atoms with Crippen LogP contribution in [0.25, 0.3) is 0 Å². The van der Waals surface area contributed by atoms with Gasteiger partial charge in [0.25, 0.3) is 0 Å². The zero-order valence-corrected chi connectivity index (χ0v) is 14.0. The standard InChI is InChI=1S/C14H24O4.C2H6/c1-6-7-14(5,13(2,3)4)12(16)18-10-8-11(15)17-9-10;1-2/h10H,6-9H2,1-5H3;1-2H3. The molecule has 1 saturated heterocycles. The minimum Gasteiger partial charge on any atom is -0.462 e. The zero-order chi connectivity index (χ0) is 16.0.